The molecule has 0 aliphatic carbocycles. The van der Waals surface area contributed by atoms with Crippen LogP contribution in [0.15, 0.2) is 30.3 Å². The lowest BCUT2D eigenvalue weighted by Gasteiger charge is -2.43. The highest BCUT2D eigenvalue weighted by molar-refractivity contribution is 8.14. The summed E-state index contributed by atoms with van der Waals surface area (Å²) >= 11 is 1.12. The summed E-state index contributed by atoms with van der Waals surface area (Å²) in [5.74, 6) is -1.49. The van der Waals surface area contributed by atoms with Crippen LogP contribution < -0.4 is 5.32 Å². The molecule has 2 fully saturated rings. The molecule has 4 atom stereocenters. The summed E-state index contributed by atoms with van der Waals surface area (Å²) in [6.07, 6.45) is 0.692. The summed E-state index contributed by atoms with van der Waals surface area (Å²) in [7, 11) is 0. The summed E-state index contributed by atoms with van der Waals surface area (Å²) in [5.41, 5.74) is 0.477. The average molecular weight is 351 g/mol. The summed E-state index contributed by atoms with van der Waals surface area (Å²) < 4.78 is 11.4. The van der Waals surface area contributed by atoms with Crippen LogP contribution >= 0.6 is 11.8 Å². The van der Waals surface area contributed by atoms with Crippen molar-refractivity contribution >= 4 is 23.0 Å². The largest absolute Gasteiger partial charge is 0.458 e. The minimum Gasteiger partial charge on any atom is -0.458 e. The molecule has 1 aromatic rings. The lowest BCUT2D eigenvalue weighted by molar-refractivity contribution is -0.281. The van der Waals surface area contributed by atoms with E-state index in [9.17, 15) is 14.7 Å². The van der Waals surface area contributed by atoms with Crippen LogP contribution in [-0.4, -0.2) is 46.1 Å². The molecule has 0 bridgehead atoms. The molecule has 0 radical (unpaired) electrons. The zero-order valence-corrected chi connectivity index (χ0v) is 14.3. The van der Waals surface area contributed by atoms with E-state index in [1.165, 1.54) is 0 Å². The molecule has 24 heavy (non-hydrogen) atoms. The van der Waals surface area contributed by atoms with Gasteiger partial charge in [-0.15, -0.1) is 0 Å². The fourth-order valence-corrected chi connectivity index (χ4v) is 3.96. The van der Waals surface area contributed by atoms with Gasteiger partial charge in [0.1, 0.15) is 6.10 Å². The normalized spacial score (nSPS) is 33.1. The molecule has 0 aromatic heterocycles. The van der Waals surface area contributed by atoms with Gasteiger partial charge in [-0.25, -0.2) is 4.79 Å². The van der Waals surface area contributed by atoms with Crippen molar-refractivity contribution in [1.29, 1.82) is 0 Å². The molecule has 0 unspecified atom stereocenters. The second-order valence-corrected chi connectivity index (χ2v) is 7.11. The van der Waals surface area contributed by atoms with Crippen LogP contribution in [0.4, 0.5) is 4.79 Å². The summed E-state index contributed by atoms with van der Waals surface area (Å²) in [4.78, 5) is 23.7. The van der Waals surface area contributed by atoms with Crippen molar-refractivity contribution in [2.75, 3.05) is 5.75 Å². The molecule has 1 amide bonds. The number of thioether (sulfide) groups is 1. The monoisotopic (exact) mass is 351 g/mol. The molecule has 2 N–H and O–H groups in total. The molecule has 2 saturated heterocycles. The molecule has 7 heteroatoms. The van der Waals surface area contributed by atoms with Crippen LogP contribution in [0.25, 0.3) is 0 Å². The van der Waals surface area contributed by atoms with Crippen LogP contribution in [-0.2, 0) is 9.47 Å². The van der Waals surface area contributed by atoms with E-state index in [4.69, 9.17) is 9.47 Å². The highest BCUT2D eigenvalue weighted by Gasteiger charge is 2.49. The van der Waals surface area contributed by atoms with Crippen LogP contribution in [0.3, 0.4) is 0 Å². The van der Waals surface area contributed by atoms with Gasteiger partial charge in [0.25, 0.3) is 5.24 Å². The predicted octanol–water partition coefficient (Wildman–Crippen LogP) is 2.31. The van der Waals surface area contributed by atoms with Crippen molar-refractivity contribution < 1.29 is 24.2 Å². The van der Waals surface area contributed by atoms with Crippen molar-refractivity contribution in [3.63, 3.8) is 0 Å². The Kier molecular flexibility index (Phi) is 5.12. The van der Waals surface area contributed by atoms with Gasteiger partial charge >= 0.3 is 5.97 Å². The van der Waals surface area contributed by atoms with Gasteiger partial charge in [0.05, 0.1) is 17.7 Å². The van der Waals surface area contributed by atoms with E-state index in [2.05, 4.69) is 5.32 Å². The molecule has 0 saturated carbocycles. The summed E-state index contributed by atoms with van der Waals surface area (Å²) in [6, 6.07) is 8.27. The number of aliphatic hydroxyl groups is 1. The lowest BCUT2D eigenvalue weighted by atomic mass is 9.92. The van der Waals surface area contributed by atoms with Gasteiger partial charge in [-0.2, -0.15) is 0 Å². The Morgan fingerprint density at radius 2 is 2.21 bits per heavy atom. The van der Waals surface area contributed by atoms with Crippen LogP contribution in [0.2, 0.25) is 0 Å². The number of carbonyl (C=O) groups excluding carboxylic acids is 2. The van der Waals surface area contributed by atoms with Gasteiger partial charge in [0.2, 0.25) is 0 Å². The number of rotatable bonds is 4. The van der Waals surface area contributed by atoms with Crippen molar-refractivity contribution in [3.8, 4) is 0 Å². The first kappa shape index (κ1) is 17.3. The maximum absolute atomic E-state index is 12.3. The molecular weight excluding hydrogens is 330 g/mol. The molecule has 130 valence electrons. The van der Waals surface area contributed by atoms with E-state index in [0.717, 1.165) is 11.8 Å². The zero-order chi connectivity index (χ0) is 17.2. The van der Waals surface area contributed by atoms with E-state index in [-0.39, 0.29) is 17.8 Å². The Labute approximate surface area is 144 Å². The highest BCUT2D eigenvalue weighted by atomic mass is 32.2. The first-order valence-corrected chi connectivity index (χ1v) is 9.08. The number of nitrogens with one attached hydrogen (secondary N) is 1. The number of ether oxygens (including phenoxy) is 2. The average Bonchev–Trinajstić information content (AvgIpc) is 3.02. The number of benzene rings is 1. The third-order valence-corrected chi connectivity index (χ3v) is 5.25. The van der Waals surface area contributed by atoms with Crippen LogP contribution in [0.1, 0.15) is 36.5 Å². The van der Waals surface area contributed by atoms with Gasteiger partial charge in [0.15, 0.2) is 5.79 Å². The minimum atomic E-state index is -1.51. The predicted molar refractivity (Wildman–Crippen MR) is 89.8 cm³/mol. The van der Waals surface area contributed by atoms with Crippen molar-refractivity contribution in [2.45, 2.75) is 50.2 Å². The second kappa shape index (κ2) is 7.13. The fraction of sp³-hybridized carbons (Fsp3) is 0.529. The lowest BCUT2D eigenvalue weighted by Crippen LogP contribution is -2.58. The fourth-order valence-electron chi connectivity index (χ4n) is 3.07. The molecule has 3 rings (SSSR count). The molecule has 1 aromatic carbocycles. The number of amides is 1. The number of carbonyl (C=O) groups is 2. The molecule has 2 aliphatic heterocycles. The van der Waals surface area contributed by atoms with Gasteiger partial charge in [-0.1, -0.05) is 36.9 Å². The van der Waals surface area contributed by atoms with Gasteiger partial charge in [-0.05, 0) is 18.6 Å². The number of hydrogen-bond acceptors (Lipinski definition) is 6. The quantitative estimate of drug-likeness (QED) is 0.810. The highest BCUT2D eigenvalue weighted by Crippen LogP contribution is 2.36. The van der Waals surface area contributed by atoms with Crippen LogP contribution in [0.5, 0.6) is 0 Å². The molecule has 2 heterocycles. The van der Waals surface area contributed by atoms with Gasteiger partial charge in [0, 0.05) is 18.6 Å². The second-order valence-electron chi connectivity index (χ2n) is 6.12. The van der Waals surface area contributed by atoms with Crippen LogP contribution in [0, 0.1) is 0 Å². The molecule has 0 spiro atoms. The van der Waals surface area contributed by atoms with Crippen molar-refractivity contribution in [3.05, 3.63) is 35.9 Å². The Bertz CT molecular complexity index is 610. The van der Waals surface area contributed by atoms with Gasteiger partial charge < -0.3 is 19.9 Å². The van der Waals surface area contributed by atoms with E-state index in [1.54, 1.807) is 24.3 Å². The van der Waals surface area contributed by atoms with E-state index >= 15 is 0 Å². The van der Waals surface area contributed by atoms with E-state index in [0.29, 0.717) is 24.2 Å². The summed E-state index contributed by atoms with van der Waals surface area (Å²) in [6.45, 7) is 1.95. The number of hydrogen-bond donors (Lipinski definition) is 2. The zero-order valence-electron chi connectivity index (χ0n) is 13.4. The SMILES string of the molecule is CC[C@@H]1C[C@@H](OC(=O)c2ccccc2)C[C@](O)([C@@H]2CSC(=O)N2)O1. The third-order valence-electron chi connectivity index (χ3n) is 4.37. The Balaban J connectivity index is 1.71. The molecule has 2 aliphatic rings. The Morgan fingerprint density at radius 3 is 2.83 bits per heavy atom. The first-order valence-electron chi connectivity index (χ1n) is 8.09. The van der Waals surface area contributed by atoms with Crippen molar-refractivity contribution in [1.82, 2.24) is 5.32 Å². The van der Waals surface area contributed by atoms with E-state index < -0.39 is 23.9 Å². The molecule has 6 nitrogen and oxygen atoms in total. The first-order chi connectivity index (χ1) is 11.5. The minimum absolute atomic E-state index is 0.146. The standard InChI is InChI=1S/C17H21NO5S/c1-2-12-8-13(22-15(19)11-6-4-3-5-7-11)9-17(21,23-12)14-10-24-16(20)18-14/h3-7,12-14,21H,2,8-10H2,1H3,(H,18,20)/t12-,13-,14+,17-/m1/s1. The summed E-state index contributed by atoms with van der Waals surface area (Å²) in [5, 5.41) is 13.5. The van der Waals surface area contributed by atoms with Crippen molar-refractivity contribution in [2.24, 2.45) is 0 Å². The molecular formula is C17H21NO5S. The van der Waals surface area contributed by atoms with E-state index in [1.807, 2.05) is 13.0 Å². The Morgan fingerprint density at radius 1 is 1.46 bits per heavy atom. The maximum atomic E-state index is 12.3. The van der Waals surface area contributed by atoms with Gasteiger partial charge in [-0.3, -0.25) is 4.79 Å². The third kappa shape index (κ3) is 3.74. The topological polar surface area (TPSA) is 84.9 Å². The maximum Gasteiger partial charge on any atom is 0.338 e. The smallest absolute Gasteiger partial charge is 0.338 e. The Hall–Kier alpha value is -1.57. The number of esters is 1.